The van der Waals surface area contributed by atoms with E-state index in [1.807, 2.05) is 17.9 Å². The number of hydrogen-bond acceptors (Lipinski definition) is 6. The van der Waals surface area contributed by atoms with E-state index in [-0.39, 0.29) is 16.9 Å². The van der Waals surface area contributed by atoms with Crippen LogP contribution in [-0.4, -0.2) is 51.9 Å². The van der Waals surface area contributed by atoms with Crippen molar-refractivity contribution in [1.29, 1.82) is 0 Å². The molecule has 1 spiro atoms. The number of alkyl halides is 2. The maximum atomic E-state index is 14.7. The number of amides is 1. The molecule has 184 valence electrons. The Labute approximate surface area is 201 Å². The molecule has 35 heavy (non-hydrogen) atoms. The van der Waals surface area contributed by atoms with Crippen molar-refractivity contribution < 1.29 is 18.0 Å². The van der Waals surface area contributed by atoms with Crippen LogP contribution in [0.1, 0.15) is 49.0 Å². The van der Waals surface area contributed by atoms with Crippen molar-refractivity contribution in [2.75, 3.05) is 36.4 Å². The molecule has 0 aliphatic carbocycles. The van der Waals surface area contributed by atoms with Gasteiger partial charge in [-0.2, -0.15) is 0 Å². The molecule has 0 saturated carbocycles. The molecular formula is C25H27F3N6O. The third-order valence-corrected chi connectivity index (χ3v) is 6.97. The highest BCUT2D eigenvalue weighted by molar-refractivity contribution is 5.90. The molecule has 2 aromatic heterocycles. The van der Waals surface area contributed by atoms with Gasteiger partial charge in [0, 0.05) is 44.1 Å². The molecule has 5 rings (SSSR count). The summed E-state index contributed by atoms with van der Waals surface area (Å²) in [7, 11) is 0. The zero-order chi connectivity index (χ0) is 25.1. The molecule has 0 bridgehead atoms. The van der Waals surface area contributed by atoms with Gasteiger partial charge >= 0.3 is 0 Å². The summed E-state index contributed by atoms with van der Waals surface area (Å²) in [5.74, 6) is 0.149. The van der Waals surface area contributed by atoms with Crippen molar-refractivity contribution in [1.82, 2.24) is 19.9 Å². The van der Waals surface area contributed by atoms with E-state index in [1.165, 1.54) is 12.1 Å². The van der Waals surface area contributed by atoms with Crippen LogP contribution in [0.5, 0.6) is 0 Å². The topological polar surface area (TPSA) is 74.2 Å². The van der Waals surface area contributed by atoms with Crippen molar-refractivity contribution in [2.45, 2.75) is 40.2 Å². The Kier molecular flexibility index (Phi) is 5.56. The van der Waals surface area contributed by atoms with Crippen molar-refractivity contribution >= 4 is 28.4 Å². The number of nitrogens with zero attached hydrogens (tertiary/aromatic N) is 5. The predicted octanol–water partition coefficient (Wildman–Crippen LogP) is 4.56. The van der Waals surface area contributed by atoms with E-state index in [2.05, 4.69) is 20.2 Å². The van der Waals surface area contributed by atoms with E-state index < -0.39 is 23.8 Å². The maximum absolute atomic E-state index is 14.7. The van der Waals surface area contributed by atoms with Gasteiger partial charge in [0.25, 0.3) is 6.43 Å². The quantitative estimate of drug-likeness (QED) is 0.572. The Bertz CT molecular complexity index is 1320. The Hall–Kier alpha value is -3.43. The van der Waals surface area contributed by atoms with Crippen molar-refractivity contribution in [3.05, 3.63) is 52.7 Å². The average Bonchev–Trinajstić information content (AvgIpc) is 2.71. The van der Waals surface area contributed by atoms with Gasteiger partial charge in [-0.05, 0) is 26.8 Å². The molecule has 0 radical (unpaired) electrons. The van der Waals surface area contributed by atoms with Gasteiger partial charge in [0.15, 0.2) is 5.65 Å². The largest absolute Gasteiger partial charge is 0.369 e. The zero-order valence-corrected chi connectivity index (χ0v) is 20.1. The normalized spacial score (nSPS) is 17.5. The highest BCUT2D eigenvalue weighted by Gasteiger charge is 2.52. The highest BCUT2D eigenvalue weighted by Crippen LogP contribution is 2.43. The number of halogens is 3. The molecule has 1 N–H and O–H groups in total. The zero-order valence-electron chi connectivity index (χ0n) is 20.1. The fraction of sp³-hybridized carbons (Fsp3) is 0.440. The number of aromatic nitrogens is 3. The number of carbonyl (C=O) groups excluding carboxylic acids is 1. The first kappa shape index (κ1) is 23.3. The van der Waals surface area contributed by atoms with E-state index in [1.54, 1.807) is 20.8 Å². The second-order valence-corrected chi connectivity index (χ2v) is 9.73. The molecule has 1 atom stereocenters. The summed E-state index contributed by atoms with van der Waals surface area (Å²) >= 11 is 0. The highest BCUT2D eigenvalue weighted by atomic mass is 19.3. The van der Waals surface area contributed by atoms with Crippen LogP contribution in [0.2, 0.25) is 0 Å². The van der Waals surface area contributed by atoms with Crippen molar-refractivity contribution in [2.24, 2.45) is 5.41 Å². The third-order valence-electron chi connectivity index (χ3n) is 6.97. The number of likely N-dealkylation sites (tertiary alicyclic amines) is 1. The minimum Gasteiger partial charge on any atom is -0.369 e. The van der Waals surface area contributed by atoms with Crippen LogP contribution >= 0.6 is 0 Å². The molecule has 10 heteroatoms. The SMILES string of the molecule is CC(=O)N1CC2(C1)CN(c1cc3c(N[C@H](C)c4cccc(C(F)F)c4F)nc(C)nc3nc1C)C2. The Balaban J connectivity index is 1.43. The maximum Gasteiger partial charge on any atom is 0.266 e. The van der Waals surface area contributed by atoms with Crippen LogP contribution in [0.4, 0.5) is 24.7 Å². The fourth-order valence-electron chi connectivity index (χ4n) is 5.15. The summed E-state index contributed by atoms with van der Waals surface area (Å²) in [6.45, 7) is 10.2. The van der Waals surface area contributed by atoms with Gasteiger partial charge in [0.2, 0.25) is 5.91 Å². The Morgan fingerprint density at radius 2 is 1.77 bits per heavy atom. The smallest absolute Gasteiger partial charge is 0.266 e. The van der Waals surface area contributed by atoms with Gasteiger partial charge < -0.3 is 15.1 Å². The number of anilines is 2. The van der Waals surface area contributed by atoms with Gasteiger partial charge in [0.1, 0.15) is 17.5 Å². The van der Waals surface area contributed by atoms with Crippen LogP contribution in [0.3, 0.4) is 0 Å². The number of benzene rings is 1. The van der Waals surface area contributed by atoms with Crippen molar-refractivity contribution in [3.8, 4) is 0 Å². The first-order chi connectivity index (χ1) is 16.6. The van der Waals surface area contributed by atoms with Crippen LogP contribution in [-0.2, 0) is 4.79 Å². The lowest BCUT2D eigenvalue weighted by Crippen LogP contribution is -2.73. The molecule has 2 fully saturated rings. The number of aryl methyl sites for hydroxylation is 2. The first-order valence-electron chi connectivity index (χ1n) is 11.6. The summed E-state index contributed by atoms with van der Waals surface area (Å²) in [4.78, 5) is 29.3. The van der Waals surface area contributed by atoms with Crippen LogP contribution in [0, 0.1) is 25.1 Å². The monoisotopic (exact) mass is 484 g/mol. The number of carbonyl (C=O) groups is 1. The molecule has 7 nitrogen and oxygen atoms in total. The van der Waals surface area contributed by atoms with Crippen LogP contribution in [0.25, 0.3) is 11.0 Å². The summed E-state index contributed by atoms with van der Waals surface area (Å²) < 4.78 is 41.1. The number of pyridine rings is 1. The fourth-order valence-corrected chi connectivity index (χ4v) is 5.15. The number of rotatable bonds is 5. The number of hydrogen-bond donors (Lipinski definition) is 1. The summed E-state index contributed by atoms with van der Waals surface area (Å²) in [5.41, 5.74) is 1.96. The Morgan fingerprint density at radius 1 is 1.09 bits per heavy atom. The number of nitrogens with one attached hydrogen (secondary N) is 1. The summed E-state index contributed by atoms with van der Waals surface area (Å²) in [5, 5.41) is 3.86. The summed E-state index contributed by atoms with van der Waals surface area (Å²) in [6.07, 6.45) is -2.89. The molecule has 1 aromatic carbocycles. The van der Waals surface area contributed by atoms with Gasteiger partial charge in [0.05, 0.1) is 28.4 Å². The lowest BCUT2D eigenvalue weighted by molar-refractivity contribution is -0.142. The van der Waals surface area contributed by atoms with E-state index in [4.69, 9.17) is 4.98 Å². The van der Waals surface area contributed by atoms with Crippen LogP contribution in [0.15, 0.2) is 24.3 Å². The van der Waals surface area contributed by atoms with E-state index in [0.717, 1.165) is 43.6 Å². The van der Waals surface area contributed by atoms with Gasteiger partial charge in [-0.25, -0.2) is 28.1 Å². The lowest BCUT2D eigenvalue weighted by atomic mass is 9.72. The molecular weight excluding hydrogens is 457 g/mol. The van der Waals surface area contributed by atoms with Gasteiger partial charge in [-0.1, -0.05) is 18.2 Å². The first-order valence-corrected chi connectivity index (χ1v) is 11.6. The Morgan fingerprint density at radius 3 is 2.43 bits per heavy atom. The minimum absolute atomic E-state index is 0.102. The molecule has 2 saturated heterocycles. The predicted molar refractivity (Wildman–Crippen MR) is 127 cm³/mol. The van der Waals surface area contributed by atoms with Gasteiger partial charge in [-0.15, -0.1) is 0 Å². The molecule has 1 amide bonds. The third kappa shape index (κ3) is 4.04. The lowest BCUT2D eigenvalue weighted by Gasteiger charge is -2.60. The van der Waals surface area contributed by atoms with E-state index >= 15 is 0 Å². The van der Waals surface area contributed by atoms with E-state index in [9.17, 15) is 18.0 Å². The molecule has 2 aliphatic rings. The number of fused-ring (bicyclic) bond motifs is 1. The standard InChI is InChI=1S/C25H27F3N6O/c1-13(17-6-5-7-18(21(17)26)22(27)28)29-23-19-8-20(14(2)30-24(19)32-15(3)31-23)34-11-25(12-34)9-33(10-25)16(4)35/h5-8,13,22H,9-12H2,1-4H3,(H,29,30,31,32)/t13-/m1/s1. The second-order valence-electron chi connectivity index (χ2n) is 9.73. The summed E-state index contributed by atoms with van der Waals surface area (Å²) in [6, 6.07) is 5.38. The van der Waals surface area contributed by atoms with Gasteiger partial charge in [-0.3, -0.25) is 4.79 Å². The second kappa shape index (κ2) is 8.35. The van der Waals surface area contributed by atoms with Crippen molar-refractivity contribution in [3.63, 3.8) is 0 Å². The molecule has 3 aromatic rings. The van der Waals surface area contributed by atoms with Crippen LogP contribution < -0.4 is 10.2 Å². The molecule has 2 aliphatic heterocycles. The minimum atomic E-state index is -2.89. The van der Waals surface area contributed by atoms with E-state index in [0.29, 0.717) is 22.7 Å². The average molecular weight is 485 g/mol. The molecule has 0 unspecified atom stereocenters. The molecule has 4 heterocycles.